The monoisotopic (exact) mass is 434 g/mol. The van der Waals surface area contributed by atoms with E-state index in [0.29, 0.717) is 17.7 Å². The first-order valence-electron chi connectivity index (χ1n) is 7.51. The maximum atomic E-state index is 12.4. The van der Waals surface area contributed by atoms with Crippen molar-refractivity contribution >= 4 is 23.5 Å². The molecule has 2 aromatic carbocycles. The SMILES string of the molecule is CC(COCc1ccc(OP(=O)(O)C(F)F)c(Br)c1)c1ccccc1. The van der Waals surface area contributed by atoms with Gasteiger partial charge in [-0.1, -0.05) is 43.3 Å². The Balaban J connectivity index is 1.91. The summed E-state index contributed by atoms with van der Waals surface area (Å²) < 4.78 is 46.6. The Morgan fingerprint density at radius 2 is 1.88 bits per heavy atom. The second kappa shape index (κ2) is 8.90. The van der Waals surface area contributed by atoms with Crippen LogP contribution in [0.1, 0.15) is 24.0 Å². The predicted octanol–water partition coefficient (Wildman–Crippen LogP) is 5.56. The molecule has 0 saturated carbocycles. The zero-order chi connectivity index (χ0) is 18.4. The first-order chi connectivity index (χ1) is 11.8. The Bertz CT molecular complexity index is 743. The van der Waals surface area contributed by atoms with Crippen molar-refractivity contribution in [3.63, 3.8) is 0 Å². The number of ether oxygens (including phenoxy) is 1. The van der Waals surface area contributed by atoms with Crippen LogP contribution in [0.3, 0.4) is 0 Å². The van der Waals surface area contributed by atoms with Gasteiger partial charge in [0.2, 0.25) is 0 Å². The molecule has 0 aliphatic carbocycles. The van der Waals surface area contributed by atoms with Crippen LogP contribution in [0.15, 0.2) is 53.0 Å². The third-order valence-corrected chi connectivity index (χ3v) is 5.05. The second-order valence-electron chi connectivity index (χ2n) is 5.52. The zero-order valence-corrected chi connectivity index (χ0v) is 15.9. The highest BCUT2D eigenvalue weighted by Gasteiger charge is 2.34. The lowest BCUT2D eigenvalue weighted by atomic mass is 10.0. The van der Waals surface area contributed by atoms with Gasteiger partial charge in [0.05, 0.1) is 17.7 Å². The van der Waals surface area contributed by atoms with E-state index in [9.17, 15) is 13.3 Å². The molecule has 0 saturated heterocycles. The molecular formula is C17H18BrF2O4P. The van der Waals surface area contributed by atoms with E-state index in [1.807, 2.05) is 30.3 Å². The molecule has 0 fully saturated rings. The van der Waals surface area contributed by atoms with E-state index in [1.165, 1.54) is 11.6 Å². The number of hydrogen-bond donors (Lipinski definition) is 1. The predicted molar refractivity (Wildman–Crippen MR) is 95.1 cm³/mol. The van der Waals surface area contributed by atoms with Crippen molar-refractivity contribution in [1.29, 1.82) is 0 Å². The standard InChI is InChI=1S/C17H18BrF2O4P/c1-12(14-5-3-2-4-6-14)10-23-11-13-7-8-16(15(18)9-13)24-25(21,22)17(19)20/h2-9,12,17H,10-11H2,1H3,(H,21,22). The Labute approximate surface area is 153 Å². The largest absolute Gasteiger partial charge is 0.442 e. The minimum atomic E-state index is -4.99. The van der Waals surface area contributed by atoms with Crippen molar-refractivity contribution in [1.82, 2.24) is 0 Å². The topological polar surface area (TPSA) is 55.8 Å². The van der Waals surface area contributed by atoms with Crippen LogP contribution in [0.2, 0.25) is 0 Å². The fourth-order valence-corrected chi connectivity index (χ4v) is 3.27. The van der Waals surface area contributed by atoms with Gasteiger partial charge in [-0.15, -0.1) is 0 Å². The zero-order valence-electron chi connectivity index (χ0n) is 13.4. The summed E-state index contributed by atoms with van der Waals surface area (Å²) >= 11 is 3.15. The summed E-state index contributed by atoms with van der Waals surface area (Å²) in [6.07, 6.45) is -3.46. The van der Waals surface area contributed by atoms with Crippen LogP contribution in [0, 0.1) is 0 Å². The van der Waals surface area contributed by atoms with Gasteiger partial charge in [0.15, 0.2) is 0 Å². The summed E-state index contributed by atoms with van der Waals surface area (Å²) in [6.45, 7) is 2.91. The Morgan fingerprint density at radius 1 is 1.20 bits per heavy atom. The third-order valence-electron chi connectivity index (χ3n) is 3.48. The van der Waals surface area contributed by atoms with Gasteiger partial charge in [-0.2, -0.15) is 8.78 Å². The first kappa shape index (κ1) is 20.0. The molecule has 25 heavy (non-hydrogen) atoms. The minimum Gasteiger partial charge on any atom is -0.420 e. The van der Waals surface area contributed by atoms with Gasteiger partial charge in [0, 0.05) is 5.92 Å². The van der Waals surface area contributed by atoms with Gasteiger partial charge in [-0.25, -0.2) is 4.57 Å². The Hall–Kier alpha value is -1.27. The number of halogens is 3. The van der Waals surface area contributed by atoms with Gasteiger partial charge in [-0.3, -0.25) is 0 Å². The van der Waals surface area contributed by atoms with E-state index in [-0.39, 0.29) is 11.7 Å². The van der Waals surface area contributed by atoms with E-state index >= 15 is 0 Å². The van der Waals surface area contributed by atoms with Crippen molar-refractivity contribution in [3.8, 4) is 5.75 Å². The molecule has 0 radical (unpaired) electrons. The fraction of sp³-hybridized carbons (Fsp3) is 0.294. The van der Waals surface area contributed by atoms with Crippen LogP contribution in [0.5, 0.6) is 5.75 Å². The molecule has 2 unspecified atom stereocenters. The van der Waals surface area contributed by atoms with Crippen molar-refractivity contribution in [3.05, 3.63) is 64.1 Å². The highest BCUT2D eigenvalue weighted by molar-refractivity contribution is 9.10. The second-order valence-corrected chi connectivity index (χ2v) is 8.08. The van der Waals surface area contributed by atoms with Crippen LogP contribution in [-0.2, 0) is 15.9 Å². The van der Waals surface area contributed by atoms with E-state index in [0.717, 1.165) is 5.56 Å². The van der Waals surface area contributed by atoms with E-state index in [2.05, 4.69) is 27.4 Å². The molecule has 2 aromatic rings. The van der Waals surface area contributed by atoms with E-state index in [4.69, 9.17) is 9.63 Å². The van der Waals surface area contributed by atoms with Gasteiger partial charge in [0.1, 0.15) is 5.75 Å². The molecule has 136 valence electrons. The number of benzene rings is 2. The smallest absolute Gasteiger partial charge is 0.420 e. The normalized spacial score (nSPS) is 15.0. The van der Waals surface area contributed by atoms with Gasteiger partial charge in [0.25, 0.3) is 0 Å². The van der Waals surface area contributed by atoms with Crippen LogP contribution < -0.4 is 4.52 Å². The average molecular weight is 435 g/mol. The molecule has 2 atom stereocenters. The van der Waals surface area contributed by atoms with Crippen LogP contribution in [0.25, 0.3) is 0 Å². The van der Waals surface area contributed by atoms with Crippen molar-refractivity contribution in [2.75, 3.05) is 6.61 Å². The molecular weight excluding hydrogens is 417 g/mol. The first-order valence-corrected chi connectivity index (χ1v) is 9.95. The Morgan fingerprint density at radius 3 is 2.48 bits per heavy atom. The van der Waals surface area contributed by atoms with Crippen molar-refractivity contribution in [2.24, 2.45) is 0 Å². The third kappa shape index (κ3) is 5.89. The van der Waals surface area contributed by atoms with Gasteiger partial charge in [-0.05, 0) is 39.2 Å². The van der Waals surface area contributed by atoms with Crippen LogP contribution in [0.4, 0.5) is 8.78 Å². The molecule has 0 spiro atoms. The highest BCUT2D eigenvalue weighted by atomic mass is 79.9. The van der Waals surface area contributed by atoms with E-state index < -0.39 is 13.8 Å². The lowest BCUT2D eigenvalue weighted by Crippen LogP contribution is -2.05. The summed E-state index contributed by atoms with van der Waals surface area (Å²) in [5.41, 5.74) is 1.96. The molecule has 4 nitrogen and oxygen atoms in total. The molecule has 0 aromatic heterocycles. The molecule has 0 bridgehead atoms. The van der Waals surface area contributed by atoms with Crippen LogP contribution >= 0.6 is 23.5 Å². The number of hydrogen-bond acceptors (Lipinski definition) is 3. The summed E-state index contributed by atoms with van der Waals surface area (Å²) in [5, 5.41) is 0. The van der Waals surface area contributed by atoms with Crippen molar-refractivity contribution < 1.29 is 27.5 Å². The maximum Gasteiger partial charge on any atom is 0.442 e. The molecule has 0 amide bonds. The van der Waals surface area contributed by atoms with Crippen LogP contribution in [-0.4, -0.2) is 17.7 Å². The van der Waals surface area contributed by atoms with Gasteiger partial charge < -0.3 is 14.2 Å². The molecule has 0 aliphatic rings. The molecule has 0 heterocycles. The van der Waals surface area contributed by atoms with Crippen molar-refractivity contribution in [2.45, 2.75) is 25.6 Å². The number of rotatable bonds is 8. The molecule has 1 N–H and O–H groups in total. The molecule has 0 aliphatic heterocycles. The Kier molecular flexibility index (Phi) is 7.14. The van der Waals surface area contributed by atoms with E-state index in [1.54, 1.807) is 12.1 Å². The quantitative estimate of drug-likeness (QED) is 0.552. The summed E-state index contributed by atoms with van der Waals surface area (Å²) in [6, 6.07) is 14.5. The van der Waals surface area contributed by atoms with Gasteiger partial charge >= 0.3 is 13.8 Å². The highest BCUT2D eigenvalue weighted by Crippen LogP contribution is 2.50. The summed E-state index contributed by atoms with van der Waals surface area (Å²) in [7, 11) is -4.99. The fourth-order valence-electron chi connectivity index (χ4n) is 2.12. The summed E-state index contributed by atoms with van der Waals surface area (Å²) in [4.78, 5) is 9.09. The summed E-state index contributed by atoms with van der Waals surface area (Å²) in [5.74, 6) is 0.117. The lowest BCUT2D eigenvalue weighted by Gasteiger charge is -2.15. The maximum absolute atomic E-state index is 12.4. The lowest BCUT2D eigenvalue weighted by molar-refractivity contribution is 0.110. The number of alkyl halides is 2. The minimum absolute atomic E-state index is 0.118. The molecule has 2 rings (SSSR count). The average Bonchev–Trinajstić information content (AvgIpc) is 2.57. The molecule has 8 heteroatoms.